The lowest BCUT2D eigenvalue weighted by Crippen LogP contribution is -1.91. The molecule has 0 fully saturated rings. The number of nitrogens with zero attached hydrogens (tertiary/aromatic N) is 1. The van der Waals surface area contributed by atoms with Gasteiger partial charge >= 0.3 is 0 Å². The van der Waals surface area contributed by atoms with Crippen LogP contribution < -0.4 is 5.73 Å². The van der Waals surface area contributed by atoms with E-state index in [2.05, 4.69) is 10.2 Å². The molecule has 0 aliphatic heterocycles. The van der Waals surface area contributed by atoms with Crippen LogP contribution in [0.15, 0.2) is 42.5 Å². The predicted octanol–water partition coefficient (Wildman–Crippen LogP) is 4.26. The van der Waals surface area contributed by atoms with Crippen LogP contribution in [-0.4, -0.2) is 10.2 Å². The van der Waals surface area contributed by atoms with Gasteiger partial charge < -0.3 is 5.73 Å². The van der Waals surface area contributed by atoms with E-state index in [0.717, 1.165) is 0 Å². The van der Waals surface area contributed by atoms with Crippen molar-refractivity contribution in [3.63, 3.8) is 0 Å². The first-order chi connectivity index (χ1) is 10.1. The number of halogens is 3. The molecule has 0 aliphatic rings. The minimum Gasteiger partial charge on any atom is -0.382 e. The van der Waals surface area contributed by atoms with Crippen LogP contribution in [0.3, 0.4) is 0 Å². The SMILES string of the molecule is Nc1n[nH]c(-c2ccc(F)c(Cl)c2)c1-c1ccccc1F. The third-order valence-electron chi connectivity index (χ3n) is 3.15. The zero-order valence-corrected chi connectivity index (χ0v) is 11.5. The maximum Gasteiger partial charge on any atom is 0.153 e. The third-order valence-corrected chi connectivity index (χ3v) is 3.44. The van der Waals surface area contributed by atoms with Gasteiger partial charge in [-0.1, -0.05) is 29.8 Å². The van der Waals surface area contributed by atoms with E-state index < -0.39 is 11.6 Å². The lowest BCUT2D eigenvalue weighted by Gasteiger charge is -2.06. The summed E-state index contributed by atoms with van der Waals surface area (Å²) < 4.78 is 27.3. The number of benzene rings is 2. The molecule has 0 amide bonds. The quantitative estimate of drug-likeness (QED) is 0.743. The Labute approximate surface area is 124 Å². The van der Waals surface area contributed by atoms with Crippen LogP contribution >= 0.6 is 11.6 Å². The van der Waals surface area contributed by atoms with Crippen molar-refractivity contribution in [1.82, 2.24) is 10.2 Å². The van der Waals surface area contributed by atoms with E-state index in [-0.39, 0.29) is 10.8 Å². The molecule has 0 atom stereocenters. The van der Waals surface area contributed by atoms with Gasteiger partial charge in [-0.05, 0) is 24.3 Å². The van der Waals surface area contributed by atoms with Crippen molar-refractivity contribution < 1.29 is 8.78 Å². The van der Waals surface area contributed by atoms with E-state index in [0.29, 0.717) is 22.4 Å². The fourth-order valence-electron chi connectivity index (χ4n) is 2.15. The van der Waals surface area contributed by atoms with Gasteiger partial charge in [0.25, 0.3) is 0 Å². The first kappa shape index (κ1) is 13.6. The number of rotatable bonds is 2. The van der Waals surface area contributed by atoms with E-state index in [4.69, 9.17) is 17.3 Å². The predicted molar refractivity (Wildman–Crippen MR) is 78.8 cm³/mol. The summed E-state index contributed by atoms with van der Waals surface area (Å²) in [4.78, 5) is 0. The Balaban J connectivity index is 2.22. The van der Waals surface area contributed by atoms with Crippen molar-refractivity contribution in [2.24, 2.45) is 0 Å². The third kappa shape index (κ3) is 2.36. The van der Waals surface area contributed by atoms with Gasteiger partial charge in [0.2, 0.25) is 0 Å². The van der Waals surface area contributed by atoms with Gasteiger partial charge in [-0.15, -0.1) is 0 Å². The molecule has 3 nitrogen and oxygen atoms in total. The molecule has 2 aromatic carbocycles. The van der Waals surface area contributed by atoms with E-state index in [9.17, 15) is 8.78 Å². The first-order valence-electron chi connectivity index (χ1n) is 6.12. The average molecular weight is 306 g/mol. The number of anilines is 1. The second kappa shape index (κ2) is 5.18. The summed E-state index contributed by atoms with van der Waals surface area (Å²) in [5, 5.41) is 6.62. The molecule has 1 aromatic heterocycles. The summed E-state index contributed by atoms with van der Waals surface area (Å²) in [5.41, 5.74) is 7.64. The molecule has 3 aromatic rings. The van der Waals surface area contributed by atoms with Crippen molar-refractivity contribution >= 4 is 17.4 Å². The molecule has 0 bridgehead atoms. The number of aromatic nitrogens is 2. The van der Waals surface area contributed by atoms with Gasteiger partial charge in [-0.3, -0.25) is 5.10 Å². The van der Waals surface area contributed by atoms with Crippen molar-refractivity contribution in [2.75, 3.05) is 5.73 Å². The molecule has 0 aliphatic carbocycles. The fraction of sp³-hybridized carbons (Fsp3) is 0. The van der Waals surface area contributed by atoms with Crippen molar-refractivity contribution in [2.45, 2.75) is 0 Å². The molecular formula is C15H10ClF2N3. The summed E-state index contributed by atoms with van der Waals surface area (Å²) in [7, 11) is 0. The normalized spacial score (nSPS) is 10.8. The second-order valence-electron chi connectivity index (χ2n) is 4.47. The van der Waals surface area contributed by atoms with E-state index in [1.807, 2.05) is 0 Å². The molecule has 3 rings (SSSR count). The van der Waals surface area contributed by atoms with E-state index in [1.165, 1.54) is 24.3 Å². The maximum absolute atomic E-state index is 14.0. The molecule has 0 saturated heterocycles. The lowest BCUT2D eigenvalue weighted by atomic mass is 10.0. The Morgan fingerprint density at radius 3 is 2.52 bits per heavy atom. The largest absolute Gasteiger partial charge is 0.382 e. The molecule has 0 radical (unpaired) electrons. The van der Waals surface area contributed by atoms with E-state index in [1.54, 1.807) is 18.2 Å². The number of hydrogen-bond acceptors (Lipinski definition) is 2. The number of nitrogens with one attached hydrogen (secondary N) is 1. The van der Waals surface area contributed by atoms with Crippen molar-refractivity contribution in [3.05, 3.63) is 59.1 Å². The molecule has 3 N–H and O–H groups in total. The van der Waals surface area contributed by atoms with Gasteiger partial charge in [0.15, 0.2) is 5.82 Å². The Kier molecular flexibility index (Phi) is 3.35. The molecule has 6 heteroatoms. The average Bonchev–Trinajstić information content (AvgIpc) is 2.84. The first-order valence-corrected chi connectivity index (χ1v) is 6.50. The smallest absolute Gasteiger partial charge is 0.153 e. The number of H-pyrrole nitrogens is 1. The number of aromatic amines is 1. The van der Waals surface area contributed by atoms with Gasteiger partial charge in [0.05, 0.1) is 16.3 Å². The van der Waals surface area contributed by atoms with Crippen LogP contribution in [0.25, 0.3) is 22.4 Å². The second-order valence-corrected chi connectivity index (χ2v) is 4.87. The highest BCUT2D eigenvalue weighted by atomic mass is 35.5. The van der Waals surface area contributed by atoms with Crippen LogP contribution in [0.1, 0.15) is 0 Å². The van der Waals surface area contributed by atoms with Crippen molar-refractivity contribution in [3.8, 4) is 22.4 Å². The van der Waals surface area contributed by atoms with Gasteiger partial charge in [-0.2, -0.15) is 5.10 Å². The number of nitrogens with two attached hydrogens (primary N) is 1. The summed E-state index contributed by atoms with van der Waals surface area (Å²) >= 11 is 5.79. The monoisotopic (exact) mass is 305 g/mol. The Bertz CT molecular complexity index is 814. The maximum atomic E-state index is 14.0. The zero-order chi connectivity index (χ0) is 15.0. The van der Waals surface area contributed by atoms with Gasteiger partial charge in [-0.25, -0.2) is 8.78 Å². The highest BCUT2D eigenvalue weighted by molar-refractivity contribution is 6.31. The Hall–Kier alpha value is -2.40. The highest BCUT2D eigenvalue weighted by Crippen LogP contribution is 2.36. The summed E-state index contributed by atoms with van der Waals surface area (Å²) in [5.74, 6) is -0.782. The number of nitrogen functional groups attached to an aromatic ring is 1. The summed E-state index contributed by atoms with van der Waals surface area (Å²) in [6.45, 7) is 0. The highest BCUT2D eigenvalue weighted by Gasteiger charge is 2.18. The fourth-order valence-corrected chi connectivity index (χ4v) is 2.33. The Morgan fingerprint density at radius 1 is 1.05 bits per heavy atom. The van der Waals surface area contributed by atoms with Crippen LogP contribution in [-0.2, 0) is 0 Å². The van der Waals surface area contributed by atoms with Crippen LogP contribution in [0.2, 0.25) is 5.02 Å². The van der Waals surface area contributed by atoms with Gasteiger partial charge in [0, 0.05) is 11.1 Å². The molecule has 0 saturated carbocycles. The van der Waals surface area contributed by atoms with Crippen LogP contribution in [0, 0.1) is 11.6 Å². The molecule has 106 valence electrons. The zero-order valence-electron chi connectivity index (χ0n) is 10.7. The molecule has 21 heavy (non-hydrogen) atoms. The van der Waals surface area contributed by atoms with E-state index >= 15 is 0 Å². The van der Waals surface area contributed by atoms with Crippen molar-refractivity contribution in [1.29, 1.82) is 0 Å². The molecule has 0 spiro atoms. The molecule has 0 unspecified atom stereocenters. The summed E-state index contributed by atoms with van der Waals surface area (Å²) in [6, 6.07) is 10.4. The lowest BCUT2D eigenvalue weighted by molar-refractivity contribution is 0.628. The molecule has 1 heterocycles. The van der Waals surface area contributed by atoms with Crippen LogP contribution in [0.5, 0.6) is 0 Å². The van der Waals surface area contributed by atoms with Crippen LogP contribution in [0.4, 0.5) is 14.6 Å². The minimum atomic E-state index is -0.527. The standard InChI is InChI=1S/C15H10ClF2N3/c16-10-7-8(5-6-12(10)18)14-13(15(19)21-20-14)9-3-1-2-4-11(9)17/h1-7H,(H3,19,20,21). The Morgan fingerprint density at radius 2 is 1.81 bits per heavy atom. The van der Waals surface area contributed by atoms with Gasteiger partial charge in [0.1, 0.15) is 11.6 Å². The minimum absolute atomic E-state index is 0.0276. The number of hydrogen-bond donors (Lipinski definition) is 2. The topological polar surface area (TPSA) is 54.7 Å². The molecular weight excluding hydrogens is 296 g/mol. The summed E-state index contributed by atoms with van der Waals surface area (Å²) in [6.07, 6.45) is 0.